The van der Waals surface area contributed by atoms with Crippen molar-refractivity contribution in [3.63, 3.8) is 0 Å². The van der Waals surface area contributed by atoms with Crippen molar-refractivity contribution in [1.82, 2.24) is 4.90 Å². The Hall–Kier alpha value is -1.36. The van der Waals surface area contributed by atoms with E-state index in [4.69, 9.17) is 4.74 Å². The van der Waals surface area contributed by atoms with Gasteiger partial charge in [-0.1, -0.05) is 19.1 Å². The predicted octanol–water partition coefficient (Wildman–Crippen LogP) is 2.13. The van der Waals surface area contributed by atoms with Gasteiger partial charge >= 0.3 is 0 Å². The summed E-state index contributed by atoms with van der Waals surface area (Å²) < 4.78 is 16.8. The largest absolute Gasteiger partial charge is 0.497 e. The van der Waals surface area contributed by atoms with E-state index in [1.807, 2.05) is 36.1 Å². The summed E-state index contributed by atoms with van der Waals surface area (Å²) in [5.74, 6) is 1.47. The van der Waals surface area contributed by atoms with Crippen molar-refractivity contribution < 1.29 is 13.7 Å². The Balaban J connectivity index is 2.14. The first kappa shape index (κ1) is 15.0. The summed E-state index contributed by atoms with van der Waals surface area (Å²) in [6.45, 7) is 2.59. The third-order valence-electron chi connectivity index (χ3n) is 3.66. The Morgan fingerprint density at radius 2 is 2.30 bits per heavy atom. The third-order valence-corrected chi connectivity index (χ3v) is 4.87. The molecule has 20 heavy (non-hydrogen) atoms. The van der Waals surface area contributed by atoms with Gasteiger partial charge in [0, 0.05) is 23.1 Å². The van der Waals surface area contributed by atoms with E-state index in [2.05, 4.69) is 0 Å². The molecule has 0 aliphatic carbocycles. The van der Waals surface area contributed by atoms with Gasteiger partial charge in [0.15, 0.2) is 0 Å². The van der Waals surface area contributed by atoms with Gasteiger partial charge in [-0.2, -0.15) is 0 Å². The molecule has 1 heterocycles. The lowest BCUT2D eigenvalue weighted by Gasteiger charge is -2.25. The highest BCUT2D eigenvalue weighted by molar-refractivity contribution is 7.85. The van der Waals surface area contributed by atoms with E-state index in [0.717, 1.165) is 30.7 Å². The highest BCUT2D eigenvalue weighted by atomic mass is 32.2. The Bertz CT molecular complexity index is 504. The molecule has 1 aromatic carbocycles. The molecule has 110 valence electrons. The van der Waals surface area contributed by atoms with Gasteiger partial charge in [-0.05, 0) is 30.5 Å². The van der Waals surface area contributed by atoms with Gasteiger partial charge in [0.1, 0.15) is 11.5 Å². The minimum atomic E-state index is -1.05. The number of nitrogens with zero attached hydrogens (tertiary/aromatic N) is 1. The predicted molar refractivity (Wildman–Crippen MR) is 80.2 cm³/mol. The molecule has 2 atom stereocenters. The fourth-order valence-corrected chi connectivity index (χ4v) is 3.23. The van der Waals surface area contributed by atoms with Gasteiger partial charge in [0.2, 0.25) is 5.91 Å². The lowest BCUT2D eigenvalue weighted by Crippen LogP contribution is -2.34. The maximum Gasteiger partial charge on any atom is 0.235 e. The fraction of sp³-hybridized carbons (Fsp3) is 0.533. The van der Waals surface area contributed by atoms with Crippen molar-refractivity contribution in [2.75, 3.05) is 25.2 Å². The fourth-order valence-electron chi connectivity index (χ4n) is 2.58. The molecule has 4 nitrogen and oxygen atoms in total. The summed E-state index contributed by atoms with van der Waals surface area (Å²) in [4.78, 5) is 14.1. The second kappa shape index (κ2) is 6.88. The maximum absolute atomic E-state index is 12.3. The van der Waals surface area contributed by atoms with E-state index in [9.17, 15) is 9.00 Å². The number of benzene rings is 1. The SMILES string of the molecule is CCS(=O)CC(=O)N1CCCC1c1cccc(OC)c1. The first-order chi connectivity index (χ1) is 9.65. The lowest BCUT2D eigenvalue weighted by molar-refractivity contribution is -0.129. The van der Waals surface area contributed by atoms with Crippen LogP contribution in [0.4, 0.5) is 0 Å². The van der Waals surface area contributed by atoms with Gasteiger partial charge in [0.25, 0.3) is 0 Å². The van der Waals surface area contributed by atoms with E-state index >= 15 is 0 Å². The van der Waals surface area contributed by atoms with Crippen LogP contribution in [0.2, 0.25) is 0 Å². The normalized spacial score (nSPS) is 19.9. The number of hydrogen-bond acceptors (Lipinski definition) is 3. The number of rotatable bonds is 5. The molecule has 1 fully saturated rings. The summed E-state index contributed by atoms with van der Waals surface area (Å²) >= 11 is 0. The van der Waals surface area contributed by atoms with Crippen LogP contribution in [0.15, 0.2) is 24.3 Å². The zero-order valence-electron chi connectivity index (χ0n) is 12.0. The molecular weight excluding hydrogens is 274 g/mol. The number of methoxy groups -OCH3 is 1. The molecule has 0 radical (unpaired) electrons. The first-order valence-electron chi connectivity index (χ1n) is 6.94. The summed E-state index contributed by atoms with van der Waals surface area (Å²) in [7, 11) is 0.594. The summed E-state index contributed by atoms with van der Waals surface area (Å²) in [6.07, 6.45) is 1.95. The second-order valence-electron chi connectivity index (χ2n) is 4.89. The van der Waals surface area contributed by atoms with Gasteiger partial charge in [-0.3, -0.25) is 9.00 Å². The summed E-state index contributed by atoms with van der Waals surface area (Å²) in [5.41, 5.74) is 1.09. The smallest absolute Gasteiger partial charge is 0.235 e. The molecule has 2 unspecified atom stereocenters. The van der Waals surface area contributed by atoms with Gasteiger partial charge in [0.05, 0.1) is 13.2 Å². The van der Waals surface area contributed by atoms with Gasteiger partial charge in [-0.25, -0.2) is 0 Å². The monoisotopic (exact) mass is 295 g/mol. The van der Waals surface area contributed by atoms with Crippen LogP contribution in [0.5, 0.6) is 5.75 Å². The van der Waals surface area contributed by atoms with E-state index in [-0.39, 0.29) is 17.7 Å². The maximum atomic E-state index is 12.3. The Kier molecular flexibility index (Phi) is 5.17. The van der Waals surface area contributed by atoms with E-state index in [0.29, 0.717) is 5.75 Å². The molecule has 0 bridgehead atoms. The van der Waals surface area contributed by atoms with Crippen LogP contribution in [0, 0.1) is 0 Å². The molecule has 0 saturated carbocycles. The minimum absolute atomic E-state index is 0.00416. The zero-order valence-corrected chi connectivity index (χ0v) is 12.8. The number of ether oxygens (including phenoxy) is 1. The molecule has 0 N–H and O–H groups in total. The van der Waals surface area contributed by atoms with E-state index < -0.39 is 10.8 Å². The molecular formula is C15H21NO3S. The van der Waals surface area contributed by atoms with Crippen LogP contribution in [0.3, 0.4) is 0 Å². The number of amides is 1. The van der Waals surface area contributed by atoms with Crippen molar-refractivity contribution in [3.8, 4) is 5.75 Å². The van der Waals surface area contributed by atoms with Gasteiger partial charge < -0.3 is 9.64 Å². The molecule has 1 aromatic rings. The molecule has 1 saturated heterocycles. The summed E-state index contributed by atoms with van der Waals surface area (Å²) in [5, 5.41) is 0. The molecule has 2 rings (SSSR count). The first-order valence-corrected chi connectivity index (χ1v) is 8.43. The molecule has 1 aliphatic rings. The number of carbonyl (C=O) groups excluding carboxylic acids is 1. The quantitative estimate of drug-likeness (QED) is 0.836. The van der Waals surface area contributed by atoms with Crippen molar-refractivity contribution in [2.24, 2.45) is 0 Å². The molecule has 5 heteroatoms. The van der Waals surface area contributed by atoms with Crippen molar-refractivity contribution in [3.05, 3.63) is 29.8 Å². The van der Waals surface area contributed by atoms with Crippen LogP contribution in [0.1, 0.15) is 31.4 Å². The molecule has 0 aromatic heterocycles. The number of carbonyl (C=O) groups is 1. The standard InChI is InChI=1S/C15H21NO3S/c1-3-20(18)11-15(17)16-9-5-8-14(16)12-6-4-7-13(10-12)19-2/h4,6-7,10,14H,3,5,8-9,11H2,1-2H3. The number of likely N-dealkylation sites (tertiary alicyclic amines) is 1. The average Bonchev–Trinajstić information content (AvgIpc) is 2.96. The van der Waals surface area contributed by atoms with Crippen LogP contribution >= 0.6 is 0 Å². The Morgan fingerprint density at radius 3 is 3.00 bits per heavy atom. The van der Waals surface area contributed by atoms with E-state index in [1.165, 1.54) is 0 Å². The Labute approximate surface area is 122 Å². The summed E-state index contributed by atoms with van der Waals surface area (Å²) in [6, 6.07) is 7.94. The van der Waals surface area contributed by atoms with E-state index in [1.54, 1.807) is 7.11 Å². The molecule has 0 spiro atoms. The van der Waals surface area contributed by atoms with Crippen LogP contribution in [0.25, 0.3) is 0 Å². The van der Waals surface area contributed by atoms with Crippen LogP contribution in [-0.2, 0) is 15.6 Å². The van der Waals surface area contributed by atoms with Crippen LogP contribution < -0.4 is 4.74 Å². The molecule has 1 amide bonds. The van der Waals surface area contributed by atoms with Crippen molar-refractivity contribution in [2.45, 2.75) is 25.8 Å². The van der Waals surface area contributed by atoms with Crippen molar-refractivity contribution in [1.29, 1.82) is 0 Å². The highest BCUT2D eigenvalue weighted by Gasteiger charge is 2.30. The average molecular weight is 295 g/mol. The topological polar surface area (TPSA) is 46.6 Å². The minimum Gasteiger partial charge on any atom is -0.497 e. The second-order valence-corrected chi connectivity index (χ2v) is 6.64. The molecule has 1 aliphatic heterocycles. The number of hydrogen-bond donors (Lipinski definition) is 0. The van der Waals surface area contributed by atoms with Crippen LogP contribution in [-0.4, -0.2) is 40.2 Å². The van der Waals surface area contributed by atoms with Crippen molar-refractivity contribution >= 4 is 16.7 Å². The third kappa shape index (κ3) is 3.39. The Morgan fingerprint density at radius 1 is 1.50 bits per heavy atom. The zero-order chi connectivity index (χ0) is 14.5. The highest BCUT2D eigenvalue weighted by Crippen LogP contribution is 2.33. The van der Waals surface area contributed by atoms with Gasteiger partial charge in [-0.15, -0.1) is 0 Å². The lowest BCUT2D eigenvalue weighted by atomic mass is 10.0.